The number of rotatable bonds is 7. The molecule has 0 unspecified atom stereocenters. The fourth-order valence-corrected chi connectivity index (χ4v) is 2.19. The number of ether oxygens (including phenoxy) is 2. The van der Waals surface area contributed by atoms with Crippen molar-refractivity contribution in [2.75, 3.05) is 6.61 Å². The lowest BCUT2D eigenvalue weighted by Gasteiger charge is -2.09. The smallest absolute Gasteiger partial charge is 0.341 e. The summed E-state index contributed by atoms with van der Waals surface area (Å²) in [4.78, 5) is 23.8. The average Bonchev–Trinajstić information content (AvgIpc) is 2.56. The molecule has 0 radical (unpaired) electrons. The number of hydrogen-bond donors (Lipinski definition) is 0. The number of aryl methyl sites for hydroxylation is 1. The maximum Gasteiger partial charge on any atom is 0.341 e. The first-order chi connectivity index (χ1) is 11.2. The maximum absolute atomic E-state index is 12.0. The molecule has 0 atom stereocenters. The van der Waals surface area contributed by atoms with Gasteiger partial charge in [0.2, 0.25) is 0 Å². The van der Waals surface area contributed by atoms with Gasteiger partial charge in [0.05, 0.1) is 6.61 Å². The minimum Gasteiger partial charge on any atom is -0.462 e. The molecule has 0 amide bonds. The van der Waals surface area contributed by atoms with Gasteiger partial charge in [-0.2, -0.15) is 0 Å². The molecule has 4 nitrogen and oxygen atoms in total. The molecule has 0 N–H and O–H groups in total. The van der Waals surface area contributed by atoms with Crippen LogP contribution in [0.5, 0.6) is 5.75 Å². The summed E-state index contributed by atoms with van der Waals surface area (Å²) in [7, 11) is 0. The topological polar surface area (TPSA) is 52.6 Å². The van der Waals surface area contributed by atoms with E-state index in [1.807, 2.05) is 30.3 Å². The second kappa shape index (κ2) is 8.73. The number of benzene rings is 2. The van der Waals surface area contributed by atoms with Crippen LogP contribution in [0.2, 0.25) is 0 Å². The van der Waals surface area contributed by atoms with Gasteiger partial charge in [-0.1, -0.05) is 42.5 Å². The highest BCUT2D eigenvalue weighted by Gasteiger charge is 2.15. The molecule has 0 spiro atoms. The second-order valence-corrected chi connectivity index (χ2v) is 5.03. The molecule has 2 rings (SSSR count). The van der Waals surface area contributed by atoms with E-state index in [1.165, 1.54) is 5.56 Å². The molecule has 120 valence electrons. The van der Waals surface area contributed by atoms with E-state index in [2.05, 4.69) is 0 Å². The Hall–Kier alpha value is -2.62. The summed E-state index contributed by atoms with van der Waals surface area (Å²) in [6, 6.07) is 16.6. The molecular formula is C19H20O4. The summed E-state index contributed by atoms with van der Waals surface area (Å²) in [5.41, 5.74) is 1.46. The van der Waals surface area contributed by atoms with Gasteiger partial charge in [-0.3, -0.25) is 4.79 Å². The Morgan fingerprint density at radius 3 is 2.39 bits per heavy atom. The van der Waals surface area contributed by atoms with Crippen LogP contribution in [-0.2, 0) is 16.0 Å². The van der Waals surface area contributed by atoms with Crippen LogP contribution in [0.15, 0.2) is 54.6 Å². The lowest BCUT2D eigenvalue weighted by atomic mass is 10.1. The van der Waals surface area contributed by atoms with Crippen molar-refractivity contribution in [1.29, 1.82) is 0 Å². The lowest BCUT2D eigenvalue weighted by Crippen LogP contribution is -2.12. The van der Waals surface area contributed by atoms with Crippen LogP contribution >= 0.6 is 0 Å². The number of hydrogen-bond acceptors (Lipinski definition) is 4. The summed E-state index contributed by atoms with van der Waals surface area (Å²) >= 11 is 0. The molecular weight excluding hydrogens is 292 g/mol. The van der Waals surface area contributed by atoms with E-state index in [0.717, 1.165) is 6.42 Å². The summed E-state index contributed by atoms with van der Waals surface area (Å²) in [5.74, 6) is -0.589. The van der Waals surface area contributed by atoms with E-state index in [0.29, 0.717) is 12.8 Å². The van der Waals surface area contributed by atoms with Crippen LogP contribution in [0.3, 0.4) is 0 Å². The molecule has 0 saturated heterocycles. The first kappa shape index (κ1) is 16.7. The van der Waals surface area contributed by atoms with Gasteiger partial charge in [-0.15, -0.1) is 0 Å². The van der Waals surface area contributed by atoms with Crippen molar-refractivity contribution in [2.45, 2.75) is 26.2 Å². The zero-order valence-corrected chi connectivity index (χ0v) is 13.2. The molecule has 0 fully saturated rings. The number of carbonyl (C=O) groups excluding carboxylic acids is 2. The number of para-hydroxylation sites is 1. The zero-order chi connectivity index (χ0) is 16.5. The van der Waals surface area contributed by atoms with Crippen LogP contribution < -0.4 is 4.74 Å². The monoisotopic (exact) mass is 312 g/mol. The fourth-order valence-electron chi connectivity index (χ4n) is 2.19. The predicted molar refractivity (Wildman–Crippen MR) is 87.4 cm³/mol. The summed E-state index contributed by atoms with van der Waals surface area (Å²) in [5, 5.41) is 0. The van der Waals surface area contributed by atoms with Crippen molar-refractivity contribution in [2.24, 2.45) is 0 Å². The molecule has 2 aromatic rings. The van der Waals surface area contributed by atoms with Gasteiger partial charge in [0.1, 0.15) is 11.3 Å². The third kappa shape index (κ3) is 5.25. The van der Waals surface area contributed by atoms with E-state index < -0.39 is 5.97 Å². The molecule has 0 aliphatic rings. The van der Waals surface area contributed by atoms with E-state index in [4.69, 9.17) is 9.47 Å². The quantitative estimate of drug-likeness (QED) is 0.576. The van der Waals surface area contributed by atoms with Gasteiger partial charge < -0.3 is 9.47 Å². The standard InChI is InChI=1S/C19H20O4/c1-2-22-19(21)16-12-6-7-13-17(16)23-18(20)14-8-11-15-9-4-3-5-10-15/h3-7,9-10,12-13H,2,8,11,14H2,1H3. The summed E-state index contributed by atoms with van der Waals surface area (Å²) in [6.45, 7) is 2.01. The van der Waals surface area contributed by atoms with Gasteiger partial charge in [-0.05, 0) is 37.5 Å². The molecule has 23 heavy (non-hydrogen) atoms. The molecule has 0 aliphatic carbocycles. The second-order valence-electron chi connectivity index (χ2n) is 5.03. The normalized spacial score (nSPS) is 10.1. The molecule has 0 aliphatic heterocycles. The van der Waals surface area contributed by atoms with E-state index in [1.54, 1.807) is 31.2 Å². The van der Waals surface area contributed by atoms with Crippen LogP contribution in [0.1, 0.15) is 35.7 Å². The molecule has 0 aromatic heterocycles. The SMILES string of the molecule is CCOC(=O)c1ccccc1OC(=O)CCCc1ccccc1. The first-order valence-electron chi connectivity index (χ1n) is 7.71. The number of esters is 2. The summed E-state index contributed by atoms with van der Waals surface area (Å²) < 4.78 is 10.3. The maximum atomic E-state index is 12.0. The molecule has 4 heteroatoms. The van der Waals surface area contributed by atoms with Crippen molar-refractivity contribution < 1.29 is 19.1 Å². The van der Waals surface area contributed by atoms with Gasteiger partial charge in [0.25, 0.3) is 0 Å². The third-order valence-electron chi connectivity index (χ3n) is 3.30. The lowest BCUT2D eigenvalue weighted by molar-refractivity contribution is -0.134. The van der Waals surface area contributed by atoms with Gasteiger partial charge >= 0.3 is 11.9 Å². The van der Waals surface area contributed by atoms with E-state index in [9.17, 15) is 9.59 Å². The minimum absolute atomic E-state index is 0.246. The van der Waals surface area contributed by atoms with E-state index in [-0.39, 0.29) is 23.9 Å². The Balaban J connectivity index is 1.89. The minimum atomic E-state index is -0.486. The predicted octanol–water partition coefficient (Wildman–Crippen LogP) is 3.79. The molecule has 2 aromatic carbocycles. The number of carbonyl (C=O) groups is 2. The van der Waals surface area contributed by atoms with Crippen LogP contribution in [0.25, 0.3) is 0 Å². The largest absolute Gasteiger partial charge is 0.462 e. The van der Waals surface area contributed by atoms with Gasteiger partial charge in [0.15, 0.2) is 0 Å². The Labute approximate surface area is 136 Å². The van der Waals surface area contributed by atoms with Crippen molar-refractivity contribution in [3.8, 4) is 5.75 Å². The Morgan fingerprint density at radius 2 is 1.65 bits per heavy atom. The summed E-state index contributed by atoms with van der Waals surface area (Å²) in [6.07, 6.45) is 1.81. The van der Waals surface area contributed by atoms with Gasteiger partial charge in [0, 0.05) is 6.42 Å². The Bertz CT molecular complexity index is 649. The third-order valence-corrected chi connectivity index (χ3v) is 3.30. The average molecular weight is 312 g/mol. The zero-order valence-electron chi connectivity index (χ0n) is 13.2. The Morgan fingerprint density at radius 1 is 0.957 bits per heavy atom. The first-order valence-corrected chi connectivity index (χ1v) is 7.71. The van der Waals surface area contributed by atoms with E-state index >= 15 is 0 Å². The highest BCUT2D eigenvalue weighted by Crippen LogP contribution is 2.20. The highest BCUT2D eigenvalue weighted by molar-refractivity contribution is 5.93. The van der Waals surface area contributed by atoms with Crippen molar-refractivity contribution in [3.63, 3.8) is 0 Å². The van der Waals surface area contributed by atoms with Crippen molar-refractivity contribution in [3.05, 3.63) is 65.7 Å². The van der Waals surface area contributed by atoms with Crippen LogP contribution in [-0.4, -0.2) is 18.5 Å². The van der Waals surface area contributed by atoms with Crippen molar-refractivity contribution >= 4 is 11.9 Å². The van der Waals surface area contributed by atoms with Gasteiger partial charge in [-0.25, -0.2) is 4.79 Å². The molecule has 0 bridgehead atoms. The van der Waals surface area contributed by atoms with Crippen LogP contribution in [0.4, 0.5) is 0 Å². The molecule has 0 saturated carbocycles. The fraction of sp³-hybridized carbons (Fsp3) is 0.263. The highest BCUT2D eigenvalue weighted by atomic mass is 16.5. The molecule has 0 heterocycles. The van der Waals surface area contributed by atoms with Crippen molar-refractivity contribution in [1.82, 2.24) is 0 Å². The Kier molecular flexibility index (Phi) is 6.36. The van der Waals surface area contributed by atoms with Crippen LogP contribution in [0, 0.1) is 0 Å².